The largest absolute Gasteiger partial charge is 0.462 e. The summed E-state index contributed by atoms with van der Waals surface area (Å²) in [6, 6.07) is -0.143. The third-order valence-electron chi connectivity index (χ3n) is 4.39. The minimum Gasteiger partial charge on any atom is -0.462 e. The van der Waals surface area contributed by atoms with Crippen LogP contribution in [0.15, 0.2) is 0 Å². The summed E-state index contributed by atoms with van der Waals surface area (Å²) in [7, 11) is 0. The zero-order valence-electron chi connectivity index (χ0n) is 12.5. The second-order valence-electron chi connectivity index (χ2n) is 6.45. The van der Waals surface area contributed by atoms with Gasteiger partial charge in [-0.25, -0.2) is 0 Å². The van der Waals surface area contributed by atoms with Gasteiger partial charge in [-0.2, -0.15) is 0 Å². The summed E-state index contributed by atoms with van der Waals surface area (Å²) in [6.07, 6.45) is 3.51. The van der Waals surface area contributed by atoms with Gasteiger partial charge in [0.15, 0.2) is 0 Å². The summed E-state index contributed by atoms with van der Waals surface area (Å²) in [4.78, 5) is 12.0. The summed E-state index contributed by atoms with van der Waals surface area (Å²) >= 11 is 0. The SMILES string of the molecule is CC1CCC(C(C)C)C(OC(=O)C(C)C(C)N)C1. The first-order valence-electron chi connectivity index (χ1n) is 7.29. The van der Waals surface area contributed by atoms with Gasteiger partial charge in [0.1, 0.15) is 6.10 Å². The maximum atomic E-state index is 12.0. The molecular weight excluding hydrogens is 226 g/mol. The standard InChI is InChI=1S/C15H29NO2/c1-9(2)13-7-6-10(3)8-14(13)18-15(17)11(4)12(5)16/h9-14H,6-8,16H2,1-5H3. The van der Waals surface area contributed by atoms with E-state index in [9.17, 15) is 4.79 Å². The van der Waals surface area contributed by atoms with Crippen LogP contribution < -0.4 is 5.73 Å². The van der Waals surface area contributed by atoms with Gasteiger partial charge in [-0.15, -0.1) is 0 Å². The predicted octanol–water partition coefficient (Wildman–Crippen LogP) is 2.97. The van der Waals surface area contributed by atoms with Crippen LogP contribution in [0.5, 0.6) is 0 Å². The van der Waals surface area contributed by atoms with Gasteiger partial charge in [0.25, 0.3) is 0 Å². The molecule has 1 saturated carbocycles. The Labute approximate surface area is 111 Å². The lowest BCUT2D eigenvalue weighted by molar-refractivity contribution is -0.160. The maximum Gasteiger partial charge on any atom is 0.310 e. The molecule has 1 aliphatic rings. The van der Waals surface area contributed by atoms with Crippen molar-refractivity contribution in [1.82, 2.24) is 0 Å². The highest BCUT2D eigenvalue weighted by molar-refractivity contribution is 5.73. The summed E-state index contributed by atoms with van der Waals surface area (Å²) in [5, 5.41) is 0. The first-order chi connectivity index (χ1) is 8.32. The molecule has 0 heterocycles. The smallest absolute Gasteiger partial charge is 0.310 e. The second kappa shape index (κ2) is 6.55. The van der Waals surface area contributed by atoms with Gasteiger partial charge < -0.3 is 10.5 Å². The molecule has 5 atom stereocenters. The van der Waals surface area contributed by atoms with Gasteiger partial charge in [-0.1, -0.05) is 34.1 Å². The Morgan fingerprint density at radius 3 is 2.33 bits per heavy atom. The van der Waals surface area contributed by atoms with E-state index < -0.39 is 0 Å². The van der Waals surface area contributed by atoms with Crippen molar-refractivity contribution in [3.63, 3.8) is 0 Å². The van der Waals surface area contributed by atoms with E-state index in [0.29, 0.717) is 17.8 Å². The van der Waals surface area contributed by atoms with Gasteiger partial charge >= 0.3 is 5.97 Å². The number of ether oxygens (including phenoxy) is 1. The van der Waals surface area contributed by atoms with E-state index in [2.05, 4.69) is 20.8 Å². The number of hydrogen-bond acceptors (Lipinski definition) is 3. The Morgan fingerprint density at radius 2 is 1.83 bits per heavy atom. The molecule has 3 heteroatoms. The fourth-order valence-electron chi connectivity index (χ4n) is 2.72. The van der Waals surface area contributed by atoms with Crippen LogP contribution in [-0.4, -0.2) is 18.1 Å². The molecule has 1 rings (SSSR count). The van der Waals surface area contributed by atoms with Crippen LogP contribution in [0.3, 0.4) is 0 Å². The van der Waals surface area contributed by atoms with Gasteiger partial charge in [-0.3, -0.25) is 4.79 Å². The monoisotopic (exact) mass is 255 g/mol. The van der Waals surface area contributed by atoms with Crippen molar-refractivity contribution in [2.45, 2.75) is 66.0 Å². The molecule has 0 aromatic rings. The van der Waals surface area contributed by atoms with Crippen LogP contribution in [0.2, 0.25) is 0 Å². The van der Waals surface area contributed by atoms with E-state index in [1.165, 1.54) is 12.8 Å². The summed E-state index contributed by atoms with van der Waals surface area (Å²) in [6.45, 7) is 10.4. The number of rotatable bonds is 4. The molecule has 1 aliphatic carbocycles. The molecular formula is C15H29NO2. The van der Waals surface area contributed by atoms with Crippen LogP contribution in [0.4, 0.5) is 0 Å². The quantitative estimate of drug-likeness (QED) is 0.786. The molecule has 106 valence electrons. The van der Waals surface area contributed by atoms with E-state index in [4.69, 9.17) is 10.5 Å². The summed E-state index contributed by atoms with van der Waals surface area (Å²) in [5.41, 5.74) is 5.76. The number of esters is 1. The molecule has 0 aliphatic heterocycles. The molecule has 3 nitrogen and oxygen atoms in total. The Balaban J connectivity index is 2.63. The number of carbonyl (C=O) groups excluding carboxylic acids is 1. The normalized spacial score (nSPS) is 32.1. The predicted molar refractivity (Wildman–Crippen MR) is 74.0 cm³/mol. The van der Waals surface area contributed by atoms with Crippen LogP contribution in [0.1, 0.15) is 53.9 Å². The first-order valence-corrected chi connectivity index (χ1v) is 7.29. The minimum atomic E-state index is -0.213. The molecule has 1 fully saturated rings. The van der Waals surface area contributed by atoms with Crippen LogP contribution in [0.25, 0.3) is 0 Å². The van der Waals surface area contributed by atoms with Crippen molar-refractivity contribution in [1.29, 1.82) is 0 Å². The van der Waals surface area contributed by atoms with Crippen molar-refractivity contribution in [3.8, 4) is 0 Å². The molecule has 18 heavy (non-hydrogen) atoms. The summed E-state index contributed by atoms with van der Waals surface area (Å²) < 4.78 is 5.74. The minimum absolute atomic E-state index is 0.0856. The molecule has 2 N–H and O–H groups in total. The molecule has 0 amide bonds. The average Bonchev–Trinajstić information content (AvgIpc) is 2.27. The Hall–Kier alpha value is -0.570. The van der Waals surface area contributed by atoms with Gasteiger partial charge in [0.05, 0.1) is 5.92 Å². The van der Waals surface area contributed by atoms with Gasteiger partial charge in [-0.05, 0) is 37.5 Å². The van der Waals surface area contributed by atoms with Crippen molar-refractivity contribution in [2.75, 3.05) is 0 Å². The fraction of sp³-hybridized carbons (Fsp3) is 0.933. The second-order valence-corrected chi connectivity index (χ2v) is 6.45. The molecule has 0 aromatic carbocycles. The Bertz CT molecular complexity index is 276. The molecule has 0 radical (unpaired) electrons. The number of nitrogens with two attached hydrogens (primary N) is 1. The third kappa shape index (κ3) is 3.98. The first kappa shape index (κ1) is 15.5. The third-order valence-corrected chi connectivity index (χ3v) is 4.39. The van der Waals surface area contributed by atoms with Gasteiger partial charge in [0, 0.05) is 6.04 Å². The molecule has 0 spiro atoms. The molecule has 0 bridgehead atoms. The van der Waals surface area contributed by atoms with E-state index in [1.54, 1.807) is 0 Å². The van der Waals surface area contributed by atoms with E-state index in [0.717, 1.165) is 6.42 Å². The van der Waals surface area contributed by atoms with E-state index in [-0.39, 0.29) is 24.0 Å². The van der Waals surface area contributed by atoms with Crippen molar-refractivity contribution in [2.24, 2.45) is 29.4 Å². The summed E-state index contributed by atoms with van der Waals surface area (Å²) in [5.74, 6) is 1.39. The van der Waals surface area contributed by atoms with Crippen molar-refractivity contribution >= 4 is 5.97 Å². The van der Waals surface area contributed by atoms with Crippen molar-refractivity contribution < 1.29 is 9.53 Å². The number of carbonyl (C=O) groups is 1. The van der Waals surface area contributed by atoms with Crippen LogP contribution >= 0.6 is 0 Å². The molecule has 5 unspecified atom stereocenters. The Kier molecular flexibility index (Phi) is 5.64. The highest BCUT2D eigenvalue weighted by Gasteiger charge is 2.34. The molecule has 0 saturated heterocycles. The number of hydrogen-bond donors (Lipinski definition) is 1. The topological polar surface area (TPSA) is 52.3 Å². The zero-order valence-corrected chi connectivity index (χ0v) is 12.5. The van der Waals surface area contributed by atoms with E-state index >= 15 is 0 Å². The lowest BCUT2D eigenvalue weighted by atomic mass is 9.75. The average molecular weight is 255 g/mol. The maximum absolute atomic E-state index is 12.0. The zero-order chi connectivity index (χ0) is 13.9. The lowest BCUT2D eigenvalue weighted by Crippen LogP contribution is -2.39. The van der Waals surface area contributed by atoms with Crippen molar-refractivity contribution in [3.05, 3.63) is 0 Å². The molecule has 0 aromatic heterocycles. The van der Waals surface area contributed by atoms with E-state index in [1.807, 2.05) is 13.8 Å². The van der Waals surface area contributed by atoms with Gasteiger partial charge in [0.2, 0.25) is 0 Å². The lowest BCUT2D eigenvalue weighted by Gasteiger charge is -2.37. The fourth-order valence-corrected chi connectivity index (χ4v) is 2.72. The van der Waals surface area contributed by atoms with Crippen LogP contribution in [-0.2, 0) is 9.53 Å². The highest BCUT2D eigenvalue weighted by atomic mass is 16.5. The van der Waals surface area contributed by atoms with Crippen LogP contribution in [0, 0.1) is 23.7 Å². The highest BCUT2D eigenvalue weighted by Crippen LogP contribution is 2.35. The Morgan fingerprint density at radius 1 is 1.22 bits per heavy atom.